The highest BCUT2D eigenvalue weighted by atomic mass is 32.2. The van der Waals surface area contributed by atoms with Crippen molar-refractivity contribution in [3.63, 3.8) is 0 Å². The van der Waals surface area contributed by atoms with E-state index in [1.54, 1.807) is 4.90 Å². The molecule has 0 aliphatic carbocycles. The van der Waals surface area contributed by atoms with E-state index in [0.29, 0.717) is 18.8 Å². The molecule has 0 bridgehead atoms. The van der Waals surface area contributed by atoms with Crippen LogP contribution >= 0.6 is 0 Å². The summed E-state index contributed by atoms with van der Waals surface area (Å²) >= 11 is 0. The van der Waals surface area contributed by atoms with E-state index in [0.717, 1.165) is 0 Å². The van der Waals surface area contributed by atoms with Gasteiger partial charge in [0.25, 0.3) is 0 Å². The monoisotopic (exact) mass is 483 g/mol. The molecule has 0 radical (unpaired) electrons. The highest BCUT2D eigenvalue weighted by Crippen LogP contribution is 2.21. The fourth-order valence-electron chi connectivity index (χ4n) is 3.25. The Kier molecular flexibility index (Phi) is 7.79. The minimum atomic E-state index is -3.74. The maximum Gasteiger partial charge on any atom is 0.387 e. The van der Waals surface area contributed by atoms with Crippen molar-refractivity contribution < 1.29 is 31.5 Å². The van der Waals surface area contributed by atoms with Gasteiger partial charge in [0.2, 0.25) is 15.9 Å². The average Bonchev–Trinajstić information content (AvgIpc) is 2.74. The lowest BCUT2D eigenvalue weighted by atomic mass is 10.3. The molecule has 13 heteroatoms. The van der Waals surface area contributed by atoms with Crippen LogP contribution in [0.3, 0.4) is 0 Å². The largest absolute Gasteiger partial charge is 0.435 e. The Hall–Kier alpha value is -3.29. The Labute approximate surface area is 189 Å². The molecule has 178 valence electrons. The molecular weight excluding hydrogens is 460 g/mol. The molecule has 0 saturated carbocycles. The number of nitrogens with zero attached hydrogens (tertiary/aromatic N) is 2. The maximum atomic E-state index is 12.8. The molecule has 1 aliphatic heterocycles. The van der Waals surface area contributed by atoms with E-state index in [-0.39, 0.29) is 36.0 Å². The number of urea groups is 1. The van der Waals surface area contributed by atoms with E-state index in [2.05, 4.69) is 15.4 Å². The molecule has 1 saturated heterocycles. The van der Waals surface area contributed by atoms with Gasteiger partial charge in [0, 0.05) is 43.6 Å². The SMILES string of the molecule is NC(=O)CN1CCN(S(=O)(=O)c2ccc(NC(=O)Nc3cccc(OC(F)F)c3)cc2)CC1. The number of alkyl halides is 2. The first-order valence-electron chi connectivity index (χ1n) is 9.87. The van der Waals surface area contributed by atoms with Gasteiger partial charge in [-0.2, -0.15) is 13.1 Å². The van der Waals surface area contributed by atoms with Gasteiger partial charge >= 0.3 is 12.6 Å². The Morgan fingerprint density at radius 1 is 1.00 bits per heavy atom. The fraction of sp³-hybridized carbons (Fsp3) is 0.300. The maximum absolute atomic E-state index is 12.8. The third-order valence-corrected chi connectivity index (χ3v) is 6.69. The first kappa shape index (κ1) is 24.4. The highest BCUT2D eigenvalue weighted by molar-refractivity contribution is 7.89. The van der Waals surface area contributed by atoms with Crippen molar-refractivity contribution in [2.45, 2.75) is 11.5 Å². The average molecular weight is 483 g/mol. The zero-order valence-electron chi connectivity index (χ0n) is 17.4. The number of primary amides is 1. The number of sulfonamides is 1. The van der Waals surface area contributed by atoms with E-state index in [4.69, 9.17) is 5.73 Å². The van der Waals surface area contributed by atoms with Gasteiger partial charge < -0.3 is 21.1 Å². The van der Waals surface area contributed by atoms with Crippen LogP contribution < -0.4 is 21.1 Å². The van der Waals surface area contributed by atoms with Crippen LogP contribution in [-0.2, 0) is 14.8 Å². The number of benzene rings is 2. The summed E-state index contributed by atoms with van der Waals surface area (Å²) in [6.07, 6.45) is 0. The summed E-state index contributed by atoms with van der Waals surface area (Å²) in [6.45, 7) is -1.65. The van der Waals surface area contributed by atoms with Gasteiger partial charge in [0.1, 0.15) is 5.75 Å². The molecule has 1 heterocycles. The van der Waals surface area contributed by atoms with Gasteiger partial charge in [-0.15, -0.1) is 0 Å². The Balaban J connectivity index is 1.57. The molecule has 3 amide bonds. The van der Waals surface area contributed by atoms with Crippen molar-refractivity contribution in [1.29, 1.82) is 0 Å². The predicted octanol–water partition coefficient (Wildman–Crippen LogP) is 1.72. The number of anilines is 2. The summed E-state index contributed by atoms with van der Waals surface area (Å²) < 4.78 is 55.9. The van der Waals surface area contributed by atoms with Gasteiger partial charge in [-0.3, -0.25) is 9.69 Å². The number of hydrogen-bond acceptors (Lipinski definition) is 6. The van der Waals surface area contributed by atoms with E-state index >= 15 is 0 Å². The van der Waals surface area contributed by atoms with E-state index in [1.165, 1.54) is 52.8 Å². The summed E-state index contributed by atoms with van der Waals surface area (Å²) in [5.74, 6) is -0.569. The molecule has 33 heavy (non-hydrogen) atoms. The van der Waals surface area contributed by atoms with E-state index in [9.17, 15) is 26.8 Å². The number of amides is 3. The number of nitrogens with two attached hydrogens (primary N) is 1. The molecule has 0 aromatic heterocycles. The van der Waals surface area contributed by atoms with Crippen LogP contribution in [-0.4, -0.2) is 68.9 Å². The van der Waals surface area contributed by atoms with Crippen LogP contribution in [0.1, 0.15) is 0 Å². The first-order chi connectivity index (χ1) is 15.6. The number of carbonyl (C=O) groups is 2. The van der Waals surface area contributed by atoms with Gasteiger partial charge in [0.05, 0.1) is 11.4 Å². The lowest BCUT2D eigenvalue weighted by Crippen LogP contribution is -2.50. The number of carbonyl (C=O) groups excluding carboxylic acids is 2. The summed E-state index contributed by atoms with van der Waals surface area (Å²) in [5.41, 5.74) is 5.74. The predicted molar refractivity (Wildman–Crippen MR) is 117 cm³/mol. The minimum Gasteiger partial charge on any atom is -0.435 e. The van der Waals surface area contributed by atoms with Crippen LogP contribution in [0.15, 0.2) is 53.4 Å². The summed E-state index contributed by atoms with van der Waals surface area (Å²) in [5, 5.41) is 5.01. The second-order valence-corrected chi connectivity index (χ2v) is 9.09. The van der Waals surface area contributed by atoms with Crippen molar-refractivity contribution in [3.8, 4) is 5.75 Å². The third kappa shape index (κ3) is 6.84. The quantitative estimate of drug-likeness (QED) is 0.524. The molecule has 1 fully saturated rings. The summed E-state index contributed by atoms with van der Waals surface area (Å²) in [4.78, 5) is 25.0. The number of ether oxygens (including phenoxy) is 1. The third-order valence-electron chi connectivity index (χ3n) is 4.78. The molecule has 2 aromatic carbocycles. The van der Waals surface area contributed by atoms with Crippen LogP contribution in [0.4, 0.5) is 25.0 Å². The van der Waals surface area contributed by atoms with Gasteiger partial charge in [-0.25, -0.2) is 13.2 Å². The smallest absolute Gasteiger partial charge is 0.387 e. The Bertz CT molecular complexity index is 1090. The van der Waals surface area contributed by atoms with Crippen molar-refractivity contribution in [3.05, 3.63) is 48.5 Å². The lowest BCUT2D eigenvalue weighted by molar-refractivity contribution is -0.119. The van der Waals surface area contributed by atoms with Gasteiger partial charge in [-0.1, -0.05) is 6.07 Å². The van der Waals surface area contributed by atoms with Gasteiger partial charge in [0.15, 0.2) is 0 Å². The molecule has 0 atom stereocenters. The van der Waals surface area contributed by atoms with Crippen molar-refractivity contribution in [2.24, 2.45) is 5.73 Å². The summed E-state index contributed by atoms with van der Waals surface area (Å²) in [6, 6.07) is 10.5. The number of hydrogen-bond donors (Lipinski definition) is 3. The zero-order valence-corrected chi connectivity index (χ0v) is 18.2. The standard InChI is InChI=1S/C20H23F2N5O5S/c21-19(22)32-16-3-1-2-15(12-16)25-20(29)24-14-4-6-17(7-5-14)33(30,31)27-10-8-26(9-11-27)13-18(23)28/h1-7,12,19H,8-11,13H2,(H2,23,28)(H2,24,25,29). The number of halogens is 2. The minimum absolute atomic E-state index is 0.0636. The van der Waals surface area contributed by atoms with Crippen LogP contribution in [0.5, 0.6) is 5.75 Å². The topological polar surface area (TPSA) is 134 Å². The Morgan fingerprint density at radius 3 is 2.24 bits per heavy atom. The molecule has 10 nitrogen and oxygen atoms in total. The van der Waals surface area contributed by atoms with Crippen molar-refractivity contribution in [1.82, 2.24) is 9.21 Å². The van der Waals surface area contributed by atoms with Crippen LogP contribution in [0, 0.1) is 0 Å². The number of piperazine rings is 1. The summed E-state index contributed by atoms with van der Waals surface area (Å²) in [7, 11) is -3.74. The van der Waals surface area contributed by atoms with Crippen molar-refractivity contribution >= 4 is 33.3 Å². The molecule has 4 N–H and O–H groups in total. The van der Waals surface area contributed by atoms with Crippen molar-refractivity contribution in [2.75, 3.05) is 43.4 Å². The van der Waals surface area contributed by atoms with E-state index < -0.39 is 28.6 Å². The number of rotatable bonds is 8. The second-order valence-electron chi connectivity index (χ2n) is 7.16. The number of nitrogens with one attached hydrogen (secondary N) is 2. The highest BCUT2D eigenvalue weighted by Gasteiger charge is 2.28. The van der Waals surface area contributed by atoms with E-state index in [1.807, 2.05) is 0 Å². The van der Waals surface area contributed by atoms with Crippen LogP contribution in [0.25, 0.3) is 0 Å². The first-order valence-corrected chi connectivity index (χ1v) is 11.3. The molecular formula is C20H23F2N5O5S. The molecule has 3 rings (SSSR count). The van der Waals surface area contributed by atoms with Crippen LogP contribution in [0.2, 0.25) is 0 Å². The molecule has 0 spiro atoms. The molecule has 0 unspecified atom stereocenters. The normalized spacial score (nSPS) is 15.2. The zero-order chi connectivity index (χ0) is 24.0. The van der Waals surface area contributed by atoms with Gasteiger partial charge in [-0.05, 0) is 36.4 Å². The fourth-order valence-corrected chi connectivity index (χ4v) is 4.67. The molecule has 2 aromatic rings. The Morgan fingerprint density at radius 2 is 1.64 bits per heavy atom. The second kappa shape index (κ2) is 10.6. The lowest BCUT2D eigenvalue weighted by Gasteiger charge is -2.33. The molecule has 1 aliphatic rings.